The van der Waals surface area contributed by atoms with Crippen molar-refractivity contribution in [1.29, 1.82) is 0 Å². The first-order valence-corrected chi connectivity index (χ1v) is 8.10. The van der Waals surface area contributed by atoms with Gasteiger partial charge in [0.05, 0.1) is 29.5 Å². The lowest BCUT2D eigenvalue weighted by molar-refractivity contribution is 0.415. The standard InChI is InChI=1S/C19H19N3O3/c1-4-22-15-10-12(24-3)6-7-13(15)17(20)18(22)11-5-8-14-16(9-11)25-19(23)21(14)2/h5-10H,4,20H2,1-3H3. The fraction of sp³-hybridized carbons (Fsp3) is 0.211. The number of nitrogen functional groups attached to an aromatic ring is 1. The van der Waals surface area contributed by atoms with Crippen LogP contribution in [0.15, 0.2) is 45.6 Å². The number of hydrogen-bond donors (Lipinski definition) is 1. The molecule has 4 rings (SSSR count). The molecule has 2 aromatic heterocycles. The van der Waals surface area contributed by atoms with E-state index in [0.717, 1.165) is 40.0 Å². The molecule has 0 unspecified atom stereocenters. The first-order chi connectivity index (χ1) is 12.0. The Hall–Kier alpha value is -3.15. The van der Waals surface area contributed by atoms with Gasteiger partial charge < -0.3 is 19.5 Å². The number of nitrogens with zero attached hydrogens (tertiary/aromatic N) is 2. The average Bonchev–Trinajstić information content (AvgIpc) is 3.07. The summed E-state index contributed by atoms with van der Waals surface area (Å²) >= 11 is 0. The van der Waals surface area contributed by atoms with Gasteiger partial charge in [-0.25, -0.2) is 4.79 Å². The van der Waals surface area contributed by atoms with Crippen LogP contribution in [-0.2, 0) is 13.6 Å². The van der Waals surface area contributed by atoms with Gasteiger partial charge in [-0.05, 0) is 31.2 Å². The molecule has 0 aliphatic carbocycles. The maximum atomic E-state index is 11.7. The van der Waals surface area contributed by atoms with E-state index < -0.39 is 0 Å². The Morgan fingerprint density at radius 2 is 1.96 bits per heavy atom. The maximum Gasteiger partial charge on any atom is 0.419 e. The van der Waals surface area contributed by atoms with Gasteiger partial charge in [0.25, 0.3) is 0 Å². The van der Waals surface area contributed by atoms with Crippen molar-refractivity contribution in [2.75, 3.05) is 12.8 Å². The summed E-state index contributed by atoms with van der Waals surface area (Å²) in [5.41, 5.74) is 11.3. The van der Waals surface area contributed by atoms with Crippen LogP contribution in [0.3, 0.4) is 0 Å². The first-order valence-electron chi connectivity index (χ1n) is 8.10. The van der Waals surface area contributed by atoms with Crippen LogP contribution < -0.4 is 16.2 Å². The van der Waals surface area contributed by atoms with E-state index in [1.54, 1.807) is 14.2 Å². The number of nitrogens with two attached hydrogens (primary N) is 1. The lowest BCUT2D eigenvalue weighted by Gasteiger charge is -2.09. The molecule has 4 aromatic rings. The quantitative estimate of drug-likeness (QED) is 0.622. The van der Waals surface area contributed by atoms with E-state index >= 15 is 0 Å². The largest absolute Gasteiger partial charge is 0.497 e. The molecular weight excluding hydrogens is 318 g/mol. The van der Waals surface area contributed by atoms with E-state index in [1.807, 2.05) is 36.4 Å². The SMILES string of the molecule is CCn1c(-c2ccc3c(c2)oc(=O)n3C)c(N)c2ccc(OC)cc21. The molecule has 25 heavy (non-hydrogen) atoms. The van der Waals surface area contributed by atoms with Crippen LogP contribution in [0.25, 0.3) is 33.3 Å². The van der Waals surface area contributed by atoms with Gasteiger partial charge in [-0.15, -0.1) is 0 Å². The molecule has 0 spiro atoms. The third-order valence-corrected chi connectivity index (χ3v) is 4.69. The van der Waals surface area contributed by atoms with Gasteiger partial charge in [0, 0.05) is 30.6 Å². The Kier molecular flexibility index (Phi) is 3.35. The number of aromatic nitrogens is 2. The van der Waals surface area contributed by atoms with Crippen molar-refractivity contribution in [3.63, 3.8) is 0 Å². The van der Waals surface area contributed by atoms with Crippen LogP contribution in [0.1, 0.15) is 6.92 Å². The summed E-state index contributed by atoms with van der Waals surface area (Å²) in [6, 6.07) is 11.6. The summed E-state index contributed by atoms with van der Waals surface area (Å²) in [7, 11) is 3.34. The summed E-state index contributed by atoms with van der Waals surface area (Å²) in [6.45, 7) is 2.83. The van der Waals surface area contributed by atoms with E-state index in [4.69, 9.17) is 14.9 Å². The minimum absolute atomic E-state index is 0.374. The highest BCUT2D eigenvalue weighted by Crippen LogP contribution is 2.38. The zero-order valence-corrected chi connectivity index (χ0v) is 14.4. The van der Waals surface area contributed by atoms with Crippen molar-refractivity contribution in [3.8, 4) is 17.0 Å². The molecule has 2 N–H and O–H groups in total. The van der Waals surface area contributed by atoms with E-state index in [1.165, 1.54) is 4.57 Å². The number of rotatable bonds is 3. The molecular formula is C19H19N3O3. The van der Waals surface area contributed by atoms with E-state index in [-0.39, 0.29) is 5.76 Å². The molecule has 0 fully saturated rings. The average molecular weight is 337 g/mol. The molecule has 2 aromatic carbocycles. The minimum Gasteiger partial charge on any atom is -0.497 e. The third kappa shape index (κ3) is 2.14. The number of fused-ring (bicyclic) bond motifs is 2. The summed E-state index contributed by atoms with van der Waals surface area (Å²) in [4.78, 5) is 11.7. The molecule has 0 radical (unpaired) electrons. The van der Waals surface area contributed by atoms with Gasteiger partial charge in [-0.3, -0.25) is 4.57 Å². The molecule has 0 amide bonds. The first kappa shape index (κ1) is 15.4. The molecule has 0 atom stereocenters. The number of ether oxygens (including phenoxy) is 1. The molecule has 0 aliphatic heterocycles. The molecule has 128 valence electrons. The van der Waals surface area contributed by atoms with Crippen LogP contribution in [0, 0.1) is 0 Å². The Morgan fingerprint density at radius 1 is 1.16 bits per heavy atom. The normalized spacial score (nSPS) is 11.5. The topological polar surface area (TPSA) is 75.3 Å². The summed E-state index contributed by atoms with van der Waals surface area (Å²) in [6.07, 6.45) is 0. The fourth-order valence-electron chi connectivity index (χ4n) is 3.40. The lowest BCUT2D eigenvalue weighted by Crippen LogP contribution is -2.08. The van der Waals surface area contributed by atoms with Crippen LogP contribution in [0.4, 0.5) is 5.69 Å². The number of oxazole rings is 1. The highest BCUT2D eigenvalue weighted by Gasteiger charge is 2.18. The van der Waals surface area contributed by atoms with Crippen molar-refractivity contribution < 1.29 is 9.15 Å². The number of benzene rings is 2. The van der Waals surface area contributed by atoms with Crippen LogP contribution in [-0.4, -0.2) is 16.2 Å². The van der Waals surface area contributed by atoms with Gasteiger partial charge in [-0.1, -0.05) is 6.07 Å². The lowest BCUT2D eigenvalue weighted by atomic mass is 10.1. The van der Waals surface area contributed by atoms with Crippen LogP contribution in [0.5, 0.6) is 5.75 Å². The Morgan fingerprint density at radius 3 is 2.68 bits per heavy atom. The zero-order chi connectivity index (χ0) is 17.7. The highest BCUT2D eigenvalue weighted by molar-refractivity contribution is 6.02. The smallest absolute Gasteiger partial charge is 0.419 e. The second kappa shape index (κ2) is 5.44. The molecule has 0 saturated heterocycles. The maximum absolute atomic E-state index is 11.7. The van der Waals surface area contributed by atoms with Gasteiger partial charge in [0.1, 0.15) is 5.75 Å². The van der Waals surface area contributed by atoms with Crippen LogP contribution in [0.2, 0.25) is 0 Å². The molecule has 6 heteroatoms. The Labute approximate surface area is 144 Å². The second-order valence-corrected chi connectivity index (χ2v) is 6.00. The third-order valence-electron chi connectivity index (χ3n) is 4.69. The summed E-state index contributed by atoms with van der Waals surface area (Å²) in [5.74, 6) is 0.414. The fourth-order valence-corrected chi connectivity index (χ4v) is 3.40. The van der Waals surface area contributed by atoms with Crippen molar-refractivity contribution in [1.82, 2.24) is 9.13 Å². The molecule has 2 heterocycles. The van der Waals surface area contributed by atoms with Crippen molar-refractivity contribution in [3.05, 3.63) is 46.9 Å². The van der Waals surface area contributed by atoms with E-state index in [2.05, 4.69) is 11.5 Å². The van der Waals surface area contributed by atoms with Crippen LogP contribution >= 0.6 is 0 Å². The summed E-state index contributed by atoms with van der Waals surface area (Å²) < 4.78 is 14.3. The zero-order valence-electron chi connectivity index (χ0n) is 14.4. The highest BCUT2D eigenvalue weighted by atomic mass is 16.5. The minimum atomic E-state index is -0.374. The van der Waals surface area contributed by atoms with E-state index in [9.17, 15) is 4.79 Å². The second-order valence-electron chi connectivity index (χ2n) is 6.00. The number of aryl methyl sites for hydroxylation is 2. The number of hydrogen-bond acceptors (Lipinski definition) is 4. The monoisotopic (exact) mass is 337 g/mol. The van der Waals surface area contributed by atoms with E-state index in [0.29, 0.717) is 11.3 Å². The predicted octanol–water partition coefficient (Wildman–Crippen LogP) is 3.36. The Bertz CT molecular complexity index is 1160. The van der Waals surface area contributed by atoms with Gasteiger partial charge in [-0.2, -0.15) is 0 Å². The number of anilines is 1. The summed E-state index contributed by atoms with van der Waals surface area (Å²) in [5, 5.41) is 0.979. The van der Waals surface area contributed by atoms with Crippen molar-refractivity contribution in [2.24, 2.45) is 7.05 Å². The van der Waals surface area contributed by atoms with Crippen molar-refractivity contribution in [2.45, 2.75) is 13.5 Å². The predicted molar refractivity (Wildman–Crippen MR) is 99.0 cm³/mol. The number of methoxy groups -OCH3 is 1. The van der Waals surface area contributed by atoms with Gasteiger partial charge in [0.15, 0.2) is 5.58 Å². The Balaban J connectivity index is 2.03. The molecule has 0 aliphatic rings. The molecule has 0 saturated carbocycles. The van der Waals surface area contributed by atoms with Gasteiger partial charge in [0.2, 0.25) is 0 Å². The van der Waals surface area contributed by atoms with Gasteiger partial charge >= 0.3 is 5.76 Å². The molecule has 0 bridgehead atoms. The van der Waals surface area contributed by atoms with Crippen molar-refractivity contribution >= 4 is 27.7 Å². The molecule has 6 nitrogen and oxygen atoms in total.